The molecule has 0 amide bonds. The first-order chi connectivity index (χ1) is 8.90. The Balaban J connectivity index is 2.02. The van der Waals surface area contributed by atoms with E-state index in [0.717, 1.165) is 27.2 Å². The monoisotopic (exact) mass is 252 g/mol. The standard InChI is InChI=1S/C14H8N2OS/c1-2-5-10-9(4-1)15-11-8-12(17-14(11)16-10)13-6-3-7-18-13/h1-8H. The predicted octanol–water partition coefficient (Wildman–Crippen LogP) is 4.10. The summed E-state index contributed by atoms with van der Waals surface area (Å²) in [4.78, 5) is 10.1. The smallest absolute Gasteiger partial charge is 0.246 e. The van der Waals surface area contributed by atoms with Crippen LogP contribution in [0.15, 0.2) is 52.3 Å². The van der Waals surface area contributed by atoms with E-state index in [2.05, 4.69) is 9.97 Å². The van der Waals surface area contributed by atoms with Crippen LogP contribution in [0.1, 0.15) is 0 Å². The Hall–Kier alpha value is -2.20. The second-order valence-electron chi connectivity index (χ2n) is 3.99. The van der Waals surface area contributed by atoms with Gasteiger partial charge in [0.05, 0.1) is 15.9 Å². The van der Waals surface area contributed by atoms with Crippen molar-refractivity contribution in [3.05, 3.63) is 47.8 Å². The zero-order chi connectivity index (χ0) is 11.9. The Bertz CT molecular complexity index is 781. The maximum atomic E-state index is 5.76. The van der Waals surface area contributed by atoms with Crippen molar-refractivity contribution in [1.29, 1.82) is 0 Å². The summed E-state index contributed by atoms with van der Waals surface area (Å²) in [6.07, 6.45) is 0. The second-order valence-corrected chi connectivity index (χ2v) is 4.94. The lowest BCUT2D eigenvalue weighted by molar-refractivity contribution is 0.621. The molecule has 0 radical (unpaired) electrons. The van der Waals surface area contributed by atoms with Crippen LogP contribution in [0, 0.1) is 0 Å². The minimum Gasteiger partial charge on any atom is -0.435 e. The van der Waals surface area contributed by atoms with Crippen LogP contribution < -0.4 is 0 Å². The normalized spacial score (nSPS) is 11.3. The number of rotatable bonds is 1. The first-order valence-corrected chi connectivity index (χ1v) is 6.48. The summed E-state index contributed by atoms with van der Waals surface area (Å²) in [5.74, 6) is 0.829. The van der Waals surface area contributed by atoms with Gasteiger partial charge in [-0.3, -0.25) is 0 Å². The molecule has 4 aromatic rings. The summed E-state index contributed by atoms with van der Waals surface area (Å²) in [5, 5.41) is 2.03. The van der Waals surface area contributed by atoms with Gasteiger partial charge in [0, 0.05) is 6.07 Å². The quantitative estimate of drug-likeness (QED) is 0.512. The van der Waals surface area contributed by atoms with Crippen LogP contribution in [0.5, 0.6) is 0 Å². The molecule has 4 rings (SSSR count). The number of aromatic nitrogens is 2. The van der Waals surface area contributed by atoms with E-state index in [9.17, 15) is 0 Å². The summed E-state index contributed by atoms with van der Waals surface area (Å²) in [5.41, 5.74) is 3.15. The van der Waals surface area contributed by atoms with E-state index in [4.69, 9.17) is 4.42 Å². The molecule has 0 aliphatic carbocycles. The van der Waals surface area contributed by atoms with Crippen LogP contribution in [0.3, 0.4) is 0 Å². The molecule has 0 fully saturated rings. The van der Waals surface area contributed by atoms with Gasteiger partial charge in [-0.15, -0.1) is 11.3 Å². The van der Waals surface area contributed by atoms with E-state index < -0.39 is 0 Å². The summed E-state index contributed by atoms with van der Waals surface area (Å²) >= 11 is 1.65. The van der Waals surface area contributed by atoms with Gasteiger partial charge in [0.1, 0.15) is 11.3 Å². The van der Waals surface area contributed by atoms with Crippen molar-refractivity contribution >= 4 is 33.6 Å². The van der Waals surface area contributed by atoms with Crippen molar-refractivity contribution in [2.45, 2.75) is 0 Å². The highest BCUT2D eigenvalue weighted by Gasteiger charge is 2.10. The SMILES string of the molecule is c1csc(-c2cc3nc4ccccc4nc3o2)c1. The maximum absolute atomic E-state index is 5.76. The molecule has 3 heterocycles. The predicted molar refractivity (Wildman–Crippen MR) is 72.6 cm³/mol. The van der Waals surface area contributed by atoms with Gasteiger partial charge in [-0.2, -0.15) is 0 Å². The first-order valence-electron chi connectivity index (χ1n) is 5.60. The average Bonchev–Trinajstić information content (AvgIpc) is 3.04. The van der Waals surface area contributed by atoms with Crippen LogP contribution in [-0.4, -0.2) is 9.97 Å². The van der Waals surface area contributed by atoms with Gasteiger partial charge in [0.25, 0.3) is 0 Å². The Morgan fingerprint density at radius 3 is 2.50 bits per heavy atom. The van der Waals surface area contributed by atoms with E-state index in [1.54, 1.807) is 11.3 Å². The molecule has 0 spiro atoms. The molecular weight excluding hydrogens is 244 g/mol. The number of hydrogen-bond donors (Lipinski definition) is 0. The van der Waals surface area contributed by atoms with Gasteiger partial charge in [-0.05, 0) is 23.6 Å². The van der Waals surface area contributed by atoms with Gasteiger partial charge < -0.3 is 4.42 Å². The fourth-order valence-electron chi connectivity index (χ4n) is 1.96. The van der Waals surface area contributed by atoms with Crippen molar-refractivity contribution in [2.75, 3.05) is 0 Å². The molecule has 4 heteroatoms. The van der Waals surface area contributed by atoms with E-state index >= 15 is 0 Å². The molecule has 86 valence electrons. The molecular formula is C14H8N2OS. The molecule has 1 aromatic carbocycles. The van der Waals surface area contributed by atoms with Gasteiger partial charge in [-0.1, -0.05) is 18.2 Å². The summed E-state index contributed by atoms with van der Waals surface area (Å²) in [6.45, 7) is 0. The Morgan fingerprint density at radius 2 is 1.72 bits per heavy atom. The van der Waals surface area contributed by atoms with E-state index in [1.165, 1.54) is 0 Å². The number of nitrogens with zero attached hydrogens (tertiary/aromatic N) is 2. The highest BCUT2D eigenvalue weighted by atomic mass is 32.1. The van der Waals surface area contributed by atoms with Gasteiger partial charge in [-0.25, -0.2) is 9.97 Å². The van der Waals surface area contributed by atoms with Crippen molar-refractivity contribution in [1.82, 2.24) is 9.97 Å². The summed E-state index contributed by atoms with van der Waals surface area (Å²) in [6, 6.07) is 13.8. The lowest BCUT2D eigenvalue weighted by Crippen LogP contribution is -1.82. The molecule has 0 N–H and O–H groups in total. The van der Waals surface area contributed by atoms with Crippen LogP contribution >= 0.6 is 11.3 Å². The topological polar surface area (TPSA) is 38.9 Å². The van der Waals surface area contributed by atoms with Crippen LogP contribution in [0.4, 0.5) is 0 Å². The zero-order valence-corrected chi connectivity index (χ0v) is 10.1. The van der Waals surface area contributed by atoms with E-state index in [-0.39, 0.29) is 0 Å². The number of fused-ring (bicyclic) bond motifs is 2. The molecule has 0 aliphatic rings. The third-order valence-corrected chi connectivity index (χ3v) is 3.69. The summed E-state index contributed by atoms with van der Waals surface area (Å²) in [7, 11) is 0. The molecule has 0 saturated heterocycles. The number of para-hydroxylation sites is 2. The van der Waals surface area contributed by atoms with Gasteiger partial charge in [0.15, 0.2) is 0 Å². The Kier molecular flexibility index (Phi) is 1.98. The number of benzene rings is 1. The van der Waals surface area contributed by atoms with Crippen LogP contribution in [0.25, 0.3) is 32.9 Å². The van der Waals surface area contributed by atoms with Crippen molar-refractivity contribution in [2.24, 2.45) is 0 Å². The fraction of sp³-hybridized carbons (Fsp3) is 0. The third kappa shape index (κ3) is 1.43. The molecule has 18 heavy (non-hydrogen) atoms. The third-order valence-electron chi connectivity index (χ3n) is 2.80. The maximum Gasteiger partial charge on any atom is 0.246 e. The second kappa shape index (κ2) is 3.65. The zero-order valence-electron chi connectivity index (χ0n) is 9.33. The molecule has 0 aliphatic heterocycles. The highest BCUT2D eigenvalue weighted by molar-refractivity contribution is 7.13. The van der Waals surface area contributed by atoms with E-state index in [0.29, 0.717) is 5.71 Å². The molecule has 0 unspecified atom stereocenters. The van der Waals surface area contributed by atoms with Gasteiger partial charge >= 0.3 is 0 Å². The van der Waals surface area contributed by atoms with Crippen molar-refractivity contribution < 1.29 is 4.42 Å². The average molecular weight is 252 g/mol. The molecule has 0 saturated carbocycles. The number of furan rings is 1. The minimum absolute atomic E-state index is 0.595. The van der Waals surface area contributed by atoms with Gasteiger partial charge in [0.2, 0.25) is 5.71 Å². The molecule has 3 nitrogen and oxygen atoms in total. The largest absolute Gasteiger partial charge is 0.435 e. The Morgan fingerprint density at radius 1 is 0.889 bits per heavy atom. The minimum atomic E-state index is 0.595. The summed E-state index contributed by atoms with van der Waals surface area (Å²) < 4.78 is 5.76. The highest BCUT2D eigenvalue weighted by Crippen LogP contribution is 2.29. The van der Waals surface area contributed by atoms with E-state index in [1.807, 2.05) is 47.8 Å². The molecule has 0 bridgehead atoms. The lowest BCUT2D eigenvalue weighted by atomic mass is 10.3. The lowest BCUT2D eigenvalue weighted by Gasteiger charge is -1.94. The molecule has 3 aromatic heterocycles. The van der Waals surface area contributed by atoms with Crippen LogP contribution in [-0.2, 0) is 0 Å². The number of thiophene rings is 1. The first kappa shape index (κ1) is 9.79. The Labute approximate surface area is 107 Å². The van der Waals surface area contributed by atoms with Crippen molar-refractivity contribution in [3.63, 3.8) is 0 Å². The fourth-order valence-corrected chi connectivity index (χ4v) is 2.64. The number of hydrogen-bond acceptors (Lipinski definition) is 4. The van der Waals surface area contributed by atoms with Crippen LogP contribution in [0.2, 0.25) is 0 Å². The molecule has 0 atom stereocenters. The van der Waals surface area contributed by atoms with Crippen molar-refractivity contribution in [3.8, 4) is 10.6 Å².